The number of ether oxygens (including phenoxy) is 2. The van der Waals surface area contributed by atoms with Crippen LogP contribution in [-0.2, 0) is 14.3 Å². The maximum atomic E-state index is 14.2. The largest absolute Gasteiger partial charge is 0.618 e. The number of carbonyl (C=O) groups is 3. The Labute approximate surface area is 236 Å². The average Bonchev–Trinajstić information content (AvgIpc) is 2.97. The number of hydrogen-bond acceptors (Lipinski definition) is 7. The molecule has 2 N–H and O–H groups in total. The molecule has 1 unspecified atom stereocenters. The van der Waals surface area contributed by atoms with Gasteiger partial charge in [0.1, 0.15) is 6.04 Å². The van der Waals surface area contributed by atoms with Crippen LogP contribution in [0.4, 0.5) is 18.4 Å². The molecule has 2 aliphatic rings. The van der Waals surface area contributed by atoms with Crippen LogP contribution in [0.25, 0.3) is 0 Å². The van der Waals surface area contributed by atoms with Crippen molar-refractivity contribution in [1.29, 1.82) is 0 Å². The Bertz CT molecular complexity index is 1310. The topological polar surface area (TPSA) is 127 Å². The number of methoxy groups -OCH3 is 2. The molecular formula is C28H33F2N5O6. The highest BCUT2D eigenvalue weighted by Crippen LogP contribution is 2.35. The minimum absolute atomic E-state index is 0.00332. The van der Waals surface area contributed by atoms with E-state index < -0.39 is 35.7 Å². The smallest absolute Gasteiger partial charge is 0.338 e. The van der Waals surface area contributed by atoms with E-state index in [1.165, 1.54) is 19.4 Å². The van der Waals surface area contributed by atoms with E-state index in [2.05, 4.69) is 15.5 Å². The van der Waals surface area contributed by atoms with Gasteiger partial charge in [-0.25, -0.2) is 28.1 Å². The van der Waals surface area contributed by atoms with Gasteiger partial charge in [0.15, 0.2) is 23.5 Å². The molecule has 0 saturated carbocycles. The van der Waals surface area contributed by atoms with Crippen molar-refractivity contribution in [3.63, 3.8) is 0 Å². The molecule has 1 aromatic heterocycles. The van der Waals surface area contributed by atoms with Crippen LogP contribution in [0.15, 0.2) is 53.9 Å². The first kappa shape index (κ1) is 29.9. The maximum Gasteiger partial charge on any atom is 0.338 e. The maximum absolute atomic E-state index is 14.2. The highest BCUT2D eigenvalue weighted by Gasteiger charge is 2.43. The second kappa shape index (κ2) is 13.5. The Balaban J connectivity index is 1.42. The molecule has 2 aromatic rings. The summed E-state index contributed by atoms with van der Waals surface area (Å²) in [4.78, 5) is 42.1. The van der Waals surface area contributed by atoms with E-state index in [4.69, 9.17) is 9.47 Å². The van der Waals surface area contributed by atoms with E-state index in [9.17, 15) is 28.4 Å². The molecule has 1 atom stereocenters. The Kier molecular flexibility index (Phi) is 9.84. The van der Waals surface area contributed by atoms with Crippen molar-refractivity contribution in [2.75, 3.05) is 47.0 Å². The summed E-state index contributed by atoms with van der Waals surface area (Å²) in [5.74, 6) is -3.00. The fourth-order valence-electron chi connectivity index (χ4n) is 5.27. The van der Waals surface area contributed by atoms with Gasteiger partial charge in [0.2, 0.25) is 0 Å². The number of esters is 1. The molecule has 0 aliphatic carbocycles. The van der Waals surface area contributed by atoms with Crippen LogP contribution in [-0.4, -0.2) is 74.8 Å². The van der Waals surface area contributed by atoms with E-state index in [1.54, 1.807) is 6.07 Å². The molecule has 4 rings (SSSR count). The van der Waals surface area contributed by atoms with E-state index >= 15 is 0 Å². The summed E-state index contributed by atoms with van der Waals surface area (Å²) in [6.45, 7) is 2.31. The van der Waals surface area contributed by atoms with Gasteiger partial charge in [-0.05, 0) is 56.6 Å². The lowest BCUT2D eigenvalue weighted by molar-refractivity contribution is -0.616. The fraction of sp³-hybridized carbons (Fsp3) is 0.429. The summed E-state index contributed by atoms with van der Waals surface area (Å²) in [6, 6.07) is 5.23. The number of aromatic nitrogens is 1. The SMILES string of the molecule is COCC1=C(C(=O)OC)C(c2ccc(F)c(F)c2)N(C(=O)NCCCN2CCC(c3cccc[n+]3[O-])CC2)C(=O)N1. The lowest BCUT2D eigenvalue weighted by Crippen LogP contribution is -2.55. The van der Waals surface area contributed by atoms with E-state index in [-0.39, 0.29) is 35.9 Å². The van der Waals surface area contributed by atoms with Crippen molar-refractivity contribution < 1.29 is 37.4 Å². The van der Waals surface area contributed by atoms with Crippen molar-refractivity contribution >= 4 is 18.0 Å². The molecule has 0 spiro atoms. The summed E-state index contributed by atoms with van der Waals surface area (Å²) >= 11 is 0. The van der Waals surface area contributed by atoms with Crippen molar-refractivity contribution in [2.24, 2.45) is 0 Å². The molecule has 1 fully saturated rings. The Morgan fingerprint density at radius 2 is 1.90 bits per heavy atom. The number of nitrogens with zero attached hydrogens (tertiary/aromatic N) is 3. The molecule has 1 saturated heterocycles. The number of pyridine rings is 1. The number of hydrogen-bond donors (Lipinski definition) is 2. The van der Waals surface area contributed by atoms with Gasteiger partial charge in [-0.15, -0.1) is 0 Å². The number of benzene rings is 1. The lowest BCUT2D eigenvalue weighted by atomic mass is 9.93. The first-order valence-corrected chi connectivity index (χ1v) is 13.3. The number of carbonyl (C=O) groups excluding carboxylic acids is 3. The third kappa shape index (κ3) is 6.80. The fourth-order valence-corrected chi connectivity index (χ4v) is 5.27. The van der Waals surface area contributed by atoms with Gasteiger partial charge in [0, 0.05) is 31.7 Å². The molecule has 3 heterocycles. The molecule has 220 valence electrons. The van der Waals surface area contributed by atoms with Gasteiger partial charge in [-0.2, -0.15) is 4.73 Å². The summed E-state index contributed by atoms with van der Waals surface area (Å²) in [5.41, 5.74) is 0.674. The summed E-state index contributed by atoms with van der Waals surface area (Å²) < 4.78 is 38.8. The van der Waals surface area contributed by atoms with Crippen molar-refractivity contribution in [1.82, 2.24) is 20.4 Å². The zero-order valence-electron chi connectivity index (χ0n) is 22.9. The van der Waals surface area contributed by atoms with Crippen LogP contribution < -0.4 is 15.4 Å². The predicted octanol–water partition coefficient (Wildman–Crippen LogP) is 2.72. The van der Waals surface area contributed by atoms with Gasteiger partial charge in [-0.1, -0.05) is 12.1 Å². The highest BCUT2D eigenvalue weighted by atomic mass is 19.2. The predicted molar refractivity (Wildman–Crippen MR) is 142 cm³/mol. The Morgan fingerprint density at radius 1 is 1.15 bits per heavy atom. The number of rotatable bonds is 9. The third-order valence-corrected chi connectivity index (χ3v) is 7.29. The Morgan fingerprint density at radius 3 is 2.56 bits per heavy atom. The number of imide groups is 1. The molecule has 1 aromatic carbocycles. The highest BCUT2D eigenvalue weighted by molar-refractivity contribution is 6.01. The number of amides is 4. The number of halogens is 2. The molecule has 41 heavy (non-hydrogen) atoms. The molecule has 11 nitrogen and oxygen atoms in total. The second-order valence-corrected chi connectivity index (χ2v) is 9.85. The molecule has 13 heteroatoms. The molecule has 0 bridgehead atoms. The summed E-state index contributed by atoms with van der Waals surface area (Å²) in [7, 11) is 2.48. The minimum atomic E-state index is -1.39. The van der Waals surface area contributed by atoms with Crippen LogP contribution in [0.1, 0.15) is 42.5 Å². The van der Waals surface area contributed by atoms with E-state index in [0.717, 1.165) is 60.5 Å². The van der Waals surface area contributed by atoms with Gasteiger partial charge in [0.05, 0.1) is 25.0 Å². The number of piperidine rings is 1. The van der Waals surface area contributed by atoms with Crippen LogP contribution in [0.5, 0.6) is 0 Å². The lowest BCUT2D eigenvalue weighted by Gasteiger charge is -2.36. The van der Waals surface area contributed by atoms with E-state index in [1.807, 2.05) is 12.1 Å². The van der Waals surface area contributed by atoms with Gasteiger partial charge >= 0.3 is 18.0 Å². The number of nitrogens with one attached hydrogen (secondary N) is 2. The first-order valence-electron chi connectivity index (χ1n) is 13.3. The average molecular weight is 574 g/mol. The van der Waals surface area contributed by atoms with Gasteiger partial charge in [-0.3, -0.25) is 0 Å². The minimum Gasteiger partial charge on any atom is -0.618 e. The third-order valence-electron chi connectivity index (χ3n) is 7.29. The second-order valence-electron chi connectivity index (χ2n) is 9.85. The zero-order valence-corrected chi connectivity index (χ0v) is 22.9. The van der Waals surface area contributed by atoms with Crippen molar-refractivity contribution in [3.05, 3.63) is 82.0 Å². The molecular weight excluding hydrogens is 540 g/mol. The van der Waals surface area contributed by atoms with Gasteiger partial charge < -0.3 is 30.2 Å². The monoisotopic (exact) mass is 573 g/mol. The number of likely N-dealkylation sites (tertiary alicyclic amines) is 1. The normalized spacial score (nSPS) is 18.3. The zero-order chi connectivity index (χ0) is 29.5. The first-order chi connectivity index (χ1) is 19.7. The molecule has 2 aliphatic heterocycles. The quantitative estimate of drug-likeness (QED) is 0.204. The molecule has 0 radical (unpaired) electrons. The summed E-state index contributed by atoms with van der Waals surface area (Å²) in [6.07, 6.45) is 3.76. The summed E-state index contributed by atoms with van der Waals surface area (Å²) in [5, 5.41) is 17.2. The standard InChI is InChI=1S/C28H33F2N5O6/c1-40-17-22-24(26(36)41-2)25(19-7-8-20(29)21(30)16-19)35(28(38)32-22)27(37)31-11-5-12-33-14-9-18(10-15-33)23-6-3-4-13-34(23)39/h3-4,6-8,13,16,18,25H,5,9-12,14-15,17H2,1-2H3,(H,31,37)(H,32,38). The number of urea groups is 2. The van der Waals surface area contributed by atoms with Gasteiger partial charge in [0.25, 0.3) is 0 Å². The van der Waals surface area contributed by atoms with Crippen LogP contribution >= 0.6 is 0 Å². The van der Waals surface area contributed by atoms with Crippen LogP contribution in [0.2, 0.25) is 0 Å². The van der Waals surface area contributed by atoms with E-state index in [0.29, 0.717) is 13.0 Å². The Hall–Kier alpha value is -4.10. The molecule has 4 amide bonds. The van der Waals surface area contributed by atoms with Crippen LogP contribution in [0.3, 0.4) is 0 Å². The van der Waals surface area contributed by atoms with Crippen molar-refractivity contribution in [3.8, 4) is 0 Å². The van der Waals surface area contributed by atoms with Crippen molar-refractivity contribution in [2.45, 2.75) is 31.2 Å². The van der Waals surface area contributed by atoms with Crippen LogP contribution in [0, 0.1) is 16.8 Å².